The van der Waals surface area contributed by atoms with E-state index in [9.17, 15) is 0 Å². The van der Waals surface area contributed by atoms with Gasteiger partial charge >= 0.3 is 0 Å². The molecule has 7 nitrogen and oxygen atoms in total. The van der Waals surface area contributed by atoms with Crippen LogP contribution >= 0.6 is 11.8 Å². The smallest absolute Gasteiger partial charge is 0.243 e. The van der Waals surface area contributed by atoms with E-state index in [4.69, 9.17) is 5.84 Å². The quantitative estimate of drug-likeness (QED) is 0.576. The first-order valence-corrected chi connectivity index (χ1v) is 8.74. The number of hydrogen-bond donors (Lipinski definition) is 2. The molecular formula is C13H25N7S. The fraction of sp³-hybridized carbons (Fsp3) is 0.769. The summed E-state index contributed by atoms with van der Waals surface area (Å²) >= 11 is 1.85. The summed E-state index contributed by atoms with van der Waals surface area (Å²) in [6, 6.07) is 0.372. The summed E-state index contributed by atoms with van der Waals surface area (Å²) < 4.78 is 0. The highest BCUT2D eigenvalue weighted by atomic mass is 32.2. The van der Waals surface area contributed by atoms with Gasteiger partial charge in [0.2, 0.25) is 17.8 Å². The zero-order chi connectivity index (χ0) is 15.2. The maximum atomic E-state index is 5.50. The molecule has 2 heterocycles. The van der Waals surface area contributed by atoms with Gasteiger partial charge in [0.25, 0.3) is 0 Å². The van der Waals surface area contributed by atoms with Crippen molar-refractivity contribution in [3.63, 3.8) is 0 Å². The molecule has 21 heavy (non-hydrogen) atoms. The molecule has 1 unspecified atom stereocenters. The average Bonchev–Trinajstić information content (AvgIpc) is 3.05. The molecule has 0 aliphatic carbocycles. The third kappa shape index (κ3) is 4.10. The van der Waals surface area contributed by atoms with Gasteiger partial charge in [-0.15, -0.1) is 0 Å². The van der Waals surface area contributed by atoms with Crippen molar-refractivity contribution in [1.82, 2.24) is 15.0 Å². The lowest BCUT2D eigenvalue weighted by molar-refractivity contribution is 0.651. The highest BCUT2D eigenvalue weighted by molar-refractivity contribution is 7.98. The van der Waals surface area contributed by atoms with Gasteiger partial charge in [0.15, 0.2) is 0 Å². The van der Waals surface area contributed by atoms with Crippen molar-refractivity contribution in [2.75, 3.05) is 47.4 Å². The molecule has 0 spiro atoms. The third-order valence-electron chi connectivity index (χ3n) is 3.85. The Morgan fingerprint density at radius 2 is 2.05 bits per heavy atom. The summed E-state index contributed by atoms with van der Waals surface area (Å²) in [6.45, 7) is 4.18. The van der Waals surface area contributed by atoms with Gasteiger partial charge in [-0.05, 0) is 38.2 Å². The van der Waals surface area contributed by atoms with Crippen molar-refractivity contribution in [1.29, 1.82) is 0 Å². The molecular weight excluding hydrogens is 286 g/mol. The summed E-state index contributed by atoms with van der Waals surface area (Å²) in [5, 5.41) is 0. The zero-order valence-electron chi connectivity index (χ0n) is 13.0. The zero-order valence-corrected chi connectivity index (χ0v) is 13.9. The Morgan fingerprint density at radius 1 is 1.33 bits per heavy atom. The van der Waals surface area contributed by atoms with Crippen molar-refractivity contribution >= 4 is 29.6 Å². The van der Waals surface area contributed by atoms with Crippen molar-refractivity contribution in [2.45, 2.75) is 32.2 Å². The minimum Gasteiger partial charge on any atom is -0.341 e. The van der Waals surface area contributed by atoms with E-state index in [1.54, 1.807) is 0 Å². The van der Waals surface area contributed by atoms with E-state index in [-0.39, 0.29) is 0 Å². The molecule has 0 saturated carbocycles. The van der Waals surface area contributed by atoms with Crippen LogP contribution in [0.5, 0.6) is 0 Å². The summed E-state index contributed by atoms with van der Waals surface area (Å²) in [7, 11) is 2.02. The van der Waals surface area contributed by atoms with E-state index < -0.39 is 0 Å². The van der Waals surface area contributed by atoms with Crippen LogP contribution in [0, 0.1) is 0 Å². The number of hydrazine groups is 1. The Hall–Kier alpha value is -1.28. The van der Waals surface area contributed by atoms with E-state index in [0.717, 1.165) is 31.2 Å². The number of nitrogens with two attached hydrogens (primary N) is 1. The molecule has 1 saturated heterocycles. The molecule has 1 atom stereocenters. The number of nitrogens with zero attached hydrogens (tertiary/aromatic N) is 5. The Bertz CT molecular complexity index is 450. The molecule has 1 aliphatic heterocycles. The highest BCUT2D eigenvalue weighted by Gasteiger charge is 2.20. The number of nitrogen functional groups attached to an aromatic ring is 1. The third-order valence-corrected chi connectivity index (χ3v) is 4.49. The highest BCUT2D eigenvalue weighted by Crippen LogP contribution is 2.21. The summed E-state index contributed by atoms with van der Waals surface area (Å²) in [6.07, 6.45) is 5.59. The molecule has 0 bridgehead atoms. The standard InChI is InChI=1S/C13H25N7S/c1-10(6-9-21-3)19(2)12-15-11(18-14)16-13(17-12)20-7-4-5-8-20/h10H,4-9,14H2,1-3H3,(H,15,16,17,18). The predicted octanol–water partition coefficient (Wildman–Crippen LogP) is 1.34. The van der Waals surface area contributed by atoms with Crippen molar-refractivity contribution < 1.29 is 0 Å². The summed E-state index contributed by atoms with van der Waals surface area (Å²) in [5.74, 6) is 8.44. The maximum absolute atomic E-state index is 5.50. The number of nitrogens with one attached hydrogen (secondary N) is 1. The number of rotatable bonds is 7. The van der Waals surface area contributed by atoms with Crippen LogP contribution in [0.1, 0.15) is 26.2 Å². The Kier molecular flexibility index (Phi) is 5.86. The number of anilines is 3. The first kappa shape index (κ1) is 16.1. The fourth-order valence-corrected chi connectivity index (χ4v) is 2.89. The minimum absolute atomic E-state index is 0.372. The molecule has 8 heteroatoms. The van der Waals surface area contributed by atoms with Gasteiger partial charge in [-0.3, -0.25) is 5.43 Å². The van der Waals surface area contributed by atoms with Gasteiger partial charge < -0.3 is 9.80 Å². The van der Waals surface area contributed by atoms with Crippen LogP contribution in [0.4, 0.5) is 17.8 Å². The van der Waals surface area contributed by atoms with Crippen molar-refractivity contribution in [2.24, 2.45) is 5.84 Å². The van der Waals surface area contributed by atoms with Gasteiger partial charge in [0.1, 0.15) is 0 Å². The monoisotopic (exact) mass is 311 g/mol. The first-order chi connectivity index (χ1) is 10.2. The minimum atomic E-state index is 0.372. The SMILES string of the molecule is CSCCC(C)N(C)c1nc(NN)nc(N2CCCC2)n1. The van der Waals surface area contributed by atoms with Gasteiger partial charge in [0, 0.05) is 26.2 Å². The first-order valence-electron chi connectivity index (χ1n) is 7.35. The number of aromatic nitrogens is 3. The molecule has 1 aliphatic rings. The second-order valence-corrected chi connectivity index (χ2v) is 6.32. The second-order valence-electron chi connectivity index (χ2n) is 5.34. The molecule has 2 rings (SSSR count). The van der Waals surface area contributed by atoms with E-state index in [2.05, 4.69) is 43.4 Å². The van der Waals surface area contributed by atoms with Crippen LogP contribution in [0.15, 0.2) is 0 Å². The molecule has 0 radical (unpaired) electrons. The Labute approximate surface area is 130 Å². The van der Waals surface area contributed by atoms with Crippen LogP contribution < -0.4 is 21.1 Å². The van der Waals surface area contributed by atoms with Gasteiger partial charge in [-0.25, -0.2) is 5.84 Å². The lowest BCUT2D eigenvalue weighted by atomic mass is 10.2. The molecule has 1 aromatic heterocycles. The van der Waals surface area contributed by atoms with Gasteiger partial charge in [0.05, 0.1) is 0 Å². The summed E-state index contributed by atoms with van der Waals surface area (Å²) in [5.41, 5.74) is 2.55. The fourth-order valence-electron chi connectivity index (χ4n) is 2.31. The lowest BCUT2D eigenvalue weighted by Crippen LogP contribution is -2.32. The maximum Gasteiger partial charge on any atom is 0.243 e. The largest absolute Gasteiger partial charge is 0.341 e. The van der Waals surface area contributed by atoms with Crippen LogP contribution in [-0.2, 0) is 0 Å². The summed E-state index contributed by atoms with van der Waals surface area (Å²) in [4.78, 5) is 17.7. The van der Waals surface area contributed by atoms with E-state index in [0.29, 0.717) is 17.9 Å². The van der Waals surface area contributed by atoms with Gasteiger partial charge in [-0.1, -0.05) is 0 Å². The van der Waals surface area contributed by atoms with Crippen LogP contribution in [0.25, 0.3) is 0 Å². The Morgan fingerprint density at radius 3 is 2.67 bits per heavy atom. The van der Waals surface area contributed by atoms with Crippen LogP contribution in [0.2, 0.25) is 0 Å². The molecule has 1 fully saturated rings. The lowest BCUT2D eigenvalue weighted by Gasteiger charge is -2.26. The topological polar surface area (TPSA) is 83.2 Å². The van der Waals surface area contributed by atoms with Crippen molar-refractivity contribution in [3.05, 3.63) is 0 Å². The molecule has 118 valence electrons. The van der Waals surface area contributed by atoms with E-state index in [1.807, 2.05) is 18.8 Å². The van der Waals surface area contributed by atoms with Crippen LogP contribution in [0.3, 0.4) is 0 Å². The molecule has 3 N–H and O–H groups in total. The predicted molar refractivity (Wildman–Crippen MR) is 89.9 cm³/mol. The molecule has 0 aromatic carbocycles. The van der Waals surface area contributed by atoms with Crippen molar-refractivity contribution in [3.8, 4) is 0 Å². The molecule has 0 amide bonds. The van der Waals surface area contributed by atoms with Crippen LogP contribution in [-0.4, -0.2) is 53.1 Å². The van der Waals surface area contributed by atoms with E-state index in [1.165, 1.54) is 12.8 Å². The van der Waals surface area contributed by atoms with Gasteiger partial charge in [-0.2, -0.15) is 26.7 Å². The number of hydrogen-bond acceptors (Lipinski definition) is 8. The normalized spacial score (nSPS) is 16.1. The average molecular weight is 311 g/mol. The number of thioether (sulfide) groups is 1. The Balaban J connectivity index is 2.19. The molecule has 1 aromatic rings. The van der Waals surface area contributed by atoms with E-state index >= 15 is 0 Å². The second kappa shape index (κ2) is 7.65.